The first-order chi connectivity index (χ1) is 50.2. The summed E-state index contributed by atoms with van der Waals surface area (Å²) in [6.07, 6.45) is 11.5. The van der Waals surface area contributed by atoms with Crippen LogP contribution in [0, 0.1) is 13.8 Å². The Balaban J connectivity index is 0.000000129. The van der Waals surface area contributed by atoms with Gasteiger partial charge in [0.15, 0.2) is 23.2 Å². The summed E-state index contributed by atoms with van der Waals surface area (Å²) >= 11 is 2.99. The predicted octanol–water partition coefficient (Wildman–Crippen LogP) is 12.9. The van der Waals surface area contributed by atoms with Gasteiger partial charge in [0, 0.05) is 72.1 Å². The first-order valence-corrected chi connectivity index (χ1v) is 34.0. The Morgan fingerprint density at radius 3 is 1.78 bits per heavy atom. The number of furan rings is 1. The van der Waals surface area contributed by atoms with Gasteiger partial charge in [-0.15, -0.1) is 38.0 Å². The number of aromatic amines is 2. The summed E-state index contributed by atoms with van der Waals surface area (Å²) < 4.78 is 6.81. The number of rotatable bonds is 18. The number of urea groups is 1. The summed E-state index contributed by atoms with van der Waals surface area (Å²) in [7, 11) is 0. The highest BCUT2D eigenvalue weighted by molar-refractivity contribution is 7.18. The number of ketones is 1. The number of hydrogen-bond donors (Lipinski definition) is 7. The van der Waals surface area contributed by atoms with Gasteiger partial charge < -0.3 is 20.4 Å². The van der Waals surface area contributed by atoms with E-state index in [0.29, 0.717) is 86.3 Å². The number of thiazole rings is 2. The molecule has 30 heteroatoms. The van der Waals surface area contributed by atoms with E-state index in [1.54, 1.807) is 72.7 Å². The molecular weight excluding hydrogens is 1350 g/mol. The molecule has 103 heavy (non-hydrogen) atoms. The molecule has 0 spiro atoms. The Morgan fingerprint density at radius 1 is 0.553 bits per heavy atom. The third-order valence-corrected chi connectivity index (χ3v) is 17.3. The Labute approximate surface area is 596 Å². The normalized spacial score (nSPS) is 12.1. The minimum Gasteiger partial charge on any atom is -0.451 e. The third-order valence-electron chi connectivity index (χ3n) is 15.0. The molecule has 0 fully saturated rings. The monoisotopic (exact) mass is 1410 g/mol. The zero-order valence-corrected chi connectivity index (χ0v) is 57.4. The number of Topliss-reactive ketones (excluding diaryl/α,β-unsaturated/α-hetero) is 1. The minimum absolute atomic E-state index is 0.0310. The highest BCUT2D eigenvalue weighted by atomic mass is 32.1. The molecule has 0 saturated heterocycles. The number of pyridine rings is 5. The number of para-hydroxylation sites is 2. The van der Waals surface area contributed by atoms with Crippen molar-refractivity contribution in [3.63, 3.8) is 0 Å². The number of fused-ring (bicyclic) bond motifs is 2. The maximum atomic E-state index is 12.6. The molecule has 0 bridgehead atoms. The number of aryl methyl sites for hydroxylation is 3. The molecule has 2 aliphatic rings. The number of nitrogens with one attached hydrogen (secondary N) is 7. The van der Waals surface area contributed by atoms with Crippen molar-refractivity contribution in [2.24, 2.45) is 20.4 Å². The smallest absolute Gasteiger partial charge is 0.319 e. The highest BCUT2D eigenvalue weighted by Gasteiger charge is 2.24. The fourth-order valence-electron chi connectivity index (χ4n) is 10.2. The molecule has 12 heterocycles. The van der Waals surface area contributed by atoms with E-state index in [-0.39, 0.29) is 53.7 Å². The number of amides is 5. The van der Waals surface area contributed by atoms with Crippen LogP contribution in [0.2, 0.25) is 0 Å². The van der Waals surface area contributed by atoms with Crippen LogP contribution in [0.25, 0.3) is 54.9 Å². The summed E-state index contributed by atoms with van der Waals surface area (Å²) in [5, 5.41) is 46.3. The Bertz CT molecular complexity index is 5240. The molecule has 7 N–H and O–H groups in total. The second-order valence-electron chi connectivity index (χ2n) is 23.1. The van der Waals surface area contributed by atoms with E-state index >= 15 is 0 Å². The van der Waals surface area contributed by atoms with Crippen LogP contribution in [0.5, 0.6) is 0 Å². The van der Waals surface area contributed by atoms with Crippen LogP contribution < -0.4 is 26.6 Å². The average molecular weight is 1410 g/mol. The number of anilines is 3. The minimum atomic E-state index is -0.393. The van der Waals surface area contributed by atoms with Gasteiger partial charge in [0.25, 0.3) is 11.8 Å². The zero-order valence-electron chi connectivity index (χ0n) is 55.8. The van der Waals surface area contributed by atoms with Crippen LogP contribution in [-0.2, 0) is 11.2 Å². The molecule has 13 aromatic rings. The number of carbonyl (C=O) groups is 5. The second-order valence-corrected chi connectivity index (χ2v) is 25.2. The Kier molecular flexibility index (Phi) is 22.7. The van der Waals surface area contributed by atoms with Crippen LogP contribution >= 0.6 is 22.7 Å². The summed E-state index contributed by atoms with van der Waals surface area (Å²) in [5.74, 6) is 1.37. The largest absolute Gasteiger partial charge is 0.451 e. The molecule has 514 valence electrons. The predicted molar refractivity (Wildman–Crippen MR) is 395 cm³/mol. The van der Waals surface area contributed by atoms with Crippen LogP contribution in [-0.4, -0.2) is 124 Å². The Hall–Kier alpha value is -13.2. The van der Waals surface area contributed by atoms with Crippen molar-refractivity contribution in [1.82, 2.24) is 75.9 Å². The van der Waals surface area contributed by atoms with Gasteiger partial charge in [-0.3, -0.25) is 64.9 Å². The zero-order chi connectivity index (χ0) is 71.4. The lowest BCUT2D eigenvalue weighted by atomic mass is 10.0. The van der Waals surface area contributed by atoms with E-state index in [1.165, 1.54) is 16.0 Å². The summed E-state index contributed by atoms with van der Waals surface area (Å²) in [6.45, 7) is 7.41. The standard InChI is InChI=1S/C20H21N5O2.C18H14N6OS.C18H16N6OS.C17H13N5O2/c1-13(2)22-20(27)23-15-7-5-6-14(10-15)19(26)12-16-11-18(25-24-16)17-8-3-4-9-21-17;1-11-16(26-18(21-11)13-7-3-5-9-20-13)17(25)22-15-10-14(23-24-15)12-6-2-4-8-19-12;25-15(9-5-10-16-20-12-6-1-2-8-14(12)26-16)21-18-22-17(23-24-18)13-7-3-4-11-19-13;1-10-11-6-2-3-8-13(11)24-14(10)16(23)20-17-19-15(21-22-17)12-7-4-5-9-18-12/h3-10,13H,11-12H2,1-2H3,(H2,22,23,27);2-9H,10H2,1H3,(H,22,24,25);1-4,6-8,11H,5,9-10H2,(H2,21,22,23,24,25);2-9H,1H3,(H2,19,20,21,22,23). The highest BCUT2D eigenvalue weighted by Crippen LogP contribution is 2.29. The quantitative estimate of drug-likeness (QED) is 0.0392. The van der Waals surface area contributed by atoms with E-state index in [0.717, 1.165) is 62.8 Å². The lowest BCUT2D eigenvalue weighted by Crippen LogP contribution is -2.34. The number of carbonyl (C=O) groups excluding carboxylic acids is 5. The number of hydrogen-bond acceptors (Lipinski definition) is 23. The summed E-state index contributed by atoms with van der Waals surface area (Å²) in [5.41, 5.74) is 10.0. The molecule has 0 saturated carbocycles. The third kappa shape index (κ3) is 18.8. The van der Waals surface area contributed by atoms with Crippen molar-refractivity contribution in [3.05, 3.63) is 239 Å². The van der Waals surface area contributed by atoms with Gasteiger partial charge in [-0.25, -0.2) is 14.8 Å². The number of aromatic nitrogens is 13. The molecule has 3 aromatic carbocycles. The SMILES string of the molecule is CC(C)NC(=O)Nc1cccc(C(=O)CC2=NN=C(c3ccccn3)C2)c1.Cc1c(C(=O)Nc2n[nH]c(-c3ccccn3)n2)oc2ccccc12.Cc1nc(-c2ccccn2)sc1C(=O)NC1=NN=C(c2ccccn2)C1.O=C(CCCc1nc2ccccc2s1)Nc1n[nH]c(-c2ccccn2)n1. The molecule has 15 rings (SSSR count). The first kappa shape index (κ1) is 69.7. The van der Waals surface area contributed by atoms with Crippen LogP contribution in [0.1, 0.15) is 104 Å². The lowest BCUT2D eigenvalue weighted by molar-refractivity contribution is -0.116. The van der Waals surface area contributed by atoms with E-state index in [2.05, 4.69) is 118 Å². The topological polar surface area (TPSA) is 381 Å². The van der Waals surface area contributed by atoms with E-state index in [9.17, 15) is 24.0 Å². The lowest BCUT2D eigenvalue weighted by Gasteiger charge is -2.11. The van der Waals surface area contributed by atoms with Crippen molar-refractivity contribution in [2.45, 2.75) is 72.3 Å². The molecule has 0 aliphatic carbocycles. The first-order valence-electron chi connectivity index (χ1n) is 32.3. The van der Waals surface area contributed by atoms with Crippen molar-refractivity contribution < 1.29 is 28.4 Å². The average Bonchev–Trinajstić information content (AvgIpc) is 1.67. The van der Waals surface area contributed by atoms with E-state index < -0.39 is 5.91 Å². The van der Waals surface area contributed by atoms with Gasteiger partial charge in [0.2, 0.25) is 17.8 Å². The molecule has 28 nitrogen and oxygen atoms in total. The van der Waals surface area contributed by atoms with Crippen molar-refractivity contribution in [1.29, 1.82) is 0 Å². The molecule has 10 aromatic heterocycles. The van der Waals surface area contributed by atoms with Gasteiger partial charge in [-0.1, -0.05) is 72.8 Å². The van der Waals surface area contributed by atoms with E-state index in [1.807, 2.05) is 155 Å². The number of H-pyrrole nitrogens is 2. The Morgan fingerprint density at radius 2 is 1.15 bits per heavy atom. The maximum Gasteiger partial charge on any atom is 0.319 e. The summed E-state index contributed by atoms with van der Waals surface area (Å²) in [4.78, 5) is 101. The molecule has 2 aliphatic heterocycles. The molecular formula is C73H64N22O6S2. The number of nitrogens with zero attached hydrogens (tertiary/aromatic N) is 15. The van der Waals surface area contributed by atoms with Gasteiger partial charge >= 0.3 is 6.03 Å². The van der Waals surface area contributed by atoms with Crippen molar-refractivity contribution in [2.75, 3.05) is 16.0 Å². The van der Waals surface area contributed by atoms with Gasteiger partial charge in [-0.2, -0.15) is 25.3 Å². The molecule has 0 atom stereocenters. The molecule has 5 amide bonds. The van der Waals surface area contributed by atoms with Crippen LogP contribution in [0.4, 0.5) is 22.4 Å². The second kappa shape index (κ2) is 33.6. The van der Waals surface area contributed by atoms with Crippen molar-refractivity contribution in [3.8, 4) is 33.7 Å². The van der Waals surface area contributed by atoms with Crippen LogP contribution in [0.3, 0.4) is 0 Å². The number of amidine groups is 1. The fraction of sp³-hybridized carbons (Fsp3) is 0.151. The van der Waals surface area contributed by atoms with Crippen LogP contribution in [0.15, 0.2) is 220 Å². The number of benzene rings is 3. The van der Waals surface area contributed by atoms with Gasteiger partial charge in [0.1, 0.15) is 32.7 Å². The molecule has 0 radical (unpaired) electrons. The summed E-state index contributed by atoms with van der Waals surface area (Å²) in [6, 6.07) is 49.9. The van der Waals surface area contributed by atoms with Gasteiger partial charge in [-0.05, 0) is 132 Å². The van der Waals surface area contributed by atoms with Crippen molar-refractivity contribution >= 4 is 114 Å². The molecule has 0 unspecified atom stereocenters. The fourth-order valence-corrected chi connectivity index (χ4v) is 12.1. The van der Waals surface area contributed by atoms with Gasteiger partial charge in [0.05, 0.1) is 68.0 Å². The van der Waals surface area contributed by atoms with E-state index in [4.69, 9.17) is 4.42 Å². The maximum absolute atomic E-state index is 12.6.